The summed E-state index contributed by atoms with van der Waals surface area (Å²) in [4.78, 5) is 33.1. The Morgan fingerprint density at radius 3 is 2.46 bits per heavy atom. The fraction of sp³-hybridized carbons (Fsp3) is 0.538. The number of ether oxygens (including phenoxy) is 1. The average Bonchev–Trinajstić information content (AvgIpc) is 3.15. The van der Waals surface area contributed by atoms with Crippen molar-refractivity contribution in [1.82, 2.24) is 24.9 Å². The van der Waals surface area contributed by atoms with Gasteiger partial charge in [0.05, 0.1) is 19.3 Å². The number of hydrogen-bond donors (Lipinski definition) is 0. The summed E-state index contributed by atoms with van der Waals surface area (Å²) in [5, 5.41) is 8.86. The van der Waals surface area contributed by atoms with Gasteiger partial charge in [0.2, 0.25) is 11.8 Å². The predicted octanol–water partition coefficient (Wildman–Crippen LogP) is 2.38. The van der Waals surface area contributed by atoms with Crippen LogP contribution < -0.4 is 9.64 Å². The molecule has 9 heteroatoms. The normalized spacial score (nSPS) is 14.1. The predicted molar refractivity (Wildman–Crippen MR) is 137 cm³/mol. The van der Waals surface area contributed by atoms with Gasteiger partial charge in [0.1, 0.15) is 5.75 Å². The first-order chi connectivity index (χ1) is 16.9. The first kappa shape index (κ1) is 26.4. The van der Waals surface area contributed by atoms with E-state index < -0.39 is 0 Å². The van der Waals surface area contributed by atoms with Gasteiger partial charge in [-0.3, -0.25) is 9.59 Å². The third-order valence-corrected chi connectivity index (χ3v) is 6.54. The maximum absolute atomic E-state index is 13.0. The SMILES string of the molecule is CCN(CC)CCN(CC(=O)N1CCCN(c2ccc(-c3cccc(OC)c3)nn2)CC1)C(C)=O. The molecule has 0 radical (unpaired) electrons. The molecule has 1 saturated heterocycles. The van der Waals surface area contributed by atoms with Crippen LogP contribution in [0.15, 0.2) is 36.4 Å². The summed E-state index contributed by atoms with van der Waals surface area (Å²) in [6.45, 7) is 11.8. The molecule has 0 spiro atoms. The van der Waals surface area contributed by atoms with Gasteiger partial charge in [-0.1, -0.05) is 26.0 Å². The third kappa shape index (κ3) is 7.39. The Kier molecular flexibility index (Phi) is 9.84. The van der Waals surface area contributed by atoms with Crippen molar-refractivity contribution in [3.05, 3.63) is 36.4 Å². The monoisotopic (exact) mass is 482 g/mol. The quantitative estimate of drug-likeness (QED) is 0.514. The molecule has 190 valence electrons. The average molecular weight is 483 g/mol. The van der Waals surface area contributed by atoms with Crippen LogP contribution >= 0.6 is 0 Å². The molecule has 0 saturated carbocycles. The van der Waals surface area contributed by atoms with E-state index in [0.717, 1.165) is 55.4 Å². The Morgan fingerprint density at radius 2 is 1.80 bits per heavy atom. The second kappa shape index (κ2) is 13.0. The molecule has 1 aromatic carbocycles. The number of benzene rings is 1. The molecule has 3 rings (SSSR count). The molecule has 1 aliphatic heterocycles. The zero-order valence-corrected chi connectivity index (χ0v) is 21.4. The molecule has 35 heavy (non-hydrogen) atoms. The van der Waals surface area contributed by atoms with Gasteiger partial charge in [0.25, 0.3) is 0 Å². The van der Waals surface area contributed by atoms with Crippen molar-refractivity contribution in [2.45, 2.75) is 27.2 Å². The molecule has 0 atom stereocenters. The highest BCUT2D eigenvalue weighted by atomic mass is 16.5. The molecule has 0 N–H and O–H groups in total. The van der Waals surface area contributed by atoms with Crippen LogP contribution in [0.1, 0.15) is 27.2 Å². The van der Waals surface area contributed by atoms with Crippen molar-refractivity contribution in [2.24, 2.45) is 0 Å². The van der Waals surface area contributed by atoms with Crippen molar-refractivity contribution >= 4 is 17.6 Å². The molecular formula is C26H38N6O3. The lowest BCUT2D eigenvalue weighted by atomic mass is 10.1. The summed E-state index contributed by atoms with van der Waals surface area (Å²) in [6, 6.07) is 11.7. The van der Waals surface area contributed by atoms with Crippen LogP contribution in [0.25, 0.3) is 11.3 Å². The highest BCUT2D eigenvalue weighted by molar-refractivity contribution is 5.84. The van der Waals surface area contributed by atoms with Crippen molar-refractivity contribution in [1.29, 1.82) is 0 Å². The molecule has 1 aliphatic rings. The zero-order chi connectivity index (χ0) is 25.2. The molecule has 9 nitrogen and oxygen atoms in total. The third-order valence-electron chi connectivity index (χ3n) is 6.54. The zero-order valence-electron chi connectivity index (χ0n) is 21.4. The molecule has 0 bridgehead atoms. The maximum atomic E-state index is 13.0. The smallest absolute Gasteiger partial charge is 0.242 e. The Balaban J connectivity index is 1.57. The van der Waals surface area contributed by atoms with Gasteiger partial charge in [-0.15, -0.1) is 10.2 Å². The van der Waals surface area contributed by atoms with Gasteiger partial charge in [-0.2, -0.15) is 0 Å². The number of rotatable bonds is 10. The molecule has 1 fully saturated rings. The van der Waals surface area contributed by atoms with E-state index in [1.807, 2.05) is 41.3 Å². The molecule has 0 unspecified atom stereocenters. The lowest BCUT2D eigenvalue weighted by molar-refractivity contribution is -0.139. The lowest BCUT2D eigenvalue weighted by Crippen LogP contribution is -2.46. The number of anilines is 1. The van der Waals surface area contributed by atoms with Crippen LogP contribution in [-0.4, -0.2) is 103 Å². The summed E-state index contributed by atoms with van der Waals surface area (Å²) in [5.74, 6) is 1.52. The van der Waals surface area contributed by atoms with E-state index in [0.29, 0.717) is 26.2 Å². The van der Waals surface area contributed by atoms with Crippen molar-refractivity contribution in [3.63, 3.8) is 0 Å². The summed E-state index contributed by atoms with van der Waals surface area (Å²) in [7, 11) is 1.64. The molecule has 1 aromatic heterocycles. The lowest BCUT2D eigenvalue weighted by Gasteiger charge is -2.28. The maximum Gasteiger partial charge on any atom is 0.242 e. The number of carbonyl (C=O) groups is 2. The van der Waals surface area contributed by atoms with Crippen molar-refractivity contribution in [3.8, 4) is 17.0 Å². The van der Waals surface area contributed by atoms with Crippen molar-refractivity contribution in [2.75, 3.05) is 70.9 Å². The van der Waals surface area contributed by atoms with E-state index in [9.17, 15) is 9.59 Å². The first-order valence-electron chi connectivity index (χ1n) is 12.4. The minimum absolute atomic E-state index is 0.000976. The second-order valence-electron chi connectivity index (χ2n) is 8.70. The van der Waals surface area contributed by atoms with Crippen LogP contribution in [0.3, 0.4) is 0 Å². The summed E-state index contributed by atoms with van der Waals surface area (Å²) in [6.07, 6.45) is 0.838. The van der Waals surface area contributed by atoms with Crippen LogP contribution in [0.4, 0.5) is 5.82 Å². The summed E-state index contributed by atoms with van der Waals surface area (Å²) < 4.78 is 5.30. The Morgan fingerprint density at radius 1 is 1.00 bits per heavy atom. The molecule has 2 heterocycles. The van der Waals surface area contributed by atoms with Gasteiger partial charge >= 0.3 is 0 Å². The number of likely N-dealkylation sites (N-methyl/N-ethyl adjacent to an activating group) is 1. The fourth-order valence-electron chi connectivity index (χ4n) is 4.24. The van der Waals surface area contributed by atoms with Crippen LogP contribution in [0, 0.1) is 0 Å². The molecule has 2 aromatic rings. The summed E-state index contributed by atoms with van der Waals surface area (Å²) >= 11 is 0. The van der Waals surface area contributed by atoms with Crippen LogP contribution in [0.2, 0.25) is 0 Å². The minimum Gasteiger partial charge on any atom is -0.497 e. The number of hydrogen-bond acceptors (Lipinski definition) is 7. The van der Waals surface area contributed by atoms with Gasteiger partial charge in [0, 0.05) is 51.8 Å². The standard InChI is InChI=1S/C26H38N6O3/c1-5-29(6-2)15-16-32(21(3)33)20-26(34)31-14-8-13-30(17-18-31)25-12-11-24(27-28-25)22-9-7-10-23(19-22)35-4/h7,9-12,19H,5-6,8,13-18,20H2,1-4H3. The summed E-state index contributed by atoms with van der Waals surface area (Å²) in [5.41, 5.74) is 1.74. The van der Waals surface area contributed by atoms with E-state index in [4.69, 9.17) is 4.74 Å². The van der Waals surface area contributed by atoms with Gasteiger partial charge < -0.3 is 24.3 Å². The Bertz CT molecular complexity index is 964. The molecular weight excluding hydrogens is 444 g/mol. The van der Waals surface area contributed by atoms with E-state index in [1.165, 1.54) is 6.92 Å². The van der Waals surface area contributed by atoms with E-state index in [2.05, 4.69) is 33.8 Å². The second-order valence-corrected chi connectivity index (χ2v) is 8.70. The highest BCUT2D eigenvalue weighted by Gasteiger charge is 2.23. The highest BCUT2D eigenvalue weighted by Crippen LogP contribution is 2.23. The van der Waals surface area contributed by atoms with Gasteiger partial charge in [0.15, 0.2) is 5.82 Å². The number of nitrogens with zero attached hydrogens (tertiary/aromatic N) is 6. The Hall–Kier alpha value is -3.20. The number of carbonyl (C=O) groups excluding carboxylic acids is 2. The number of amides is 2. The largest absolute Gasteiger partial charge is 0.497 e. The van der Waals surface area contributed by atoms with E-state index >= 15 is 0 Å². The minimum atomic E-state index is -0.0617. The molecule has 0 aliphatic carbocycles. The Labute approximate surface area is 208 Å². The van der Waals surface area contributed by atoms with Crippen molar-refractivity contribution < 1.29 is 14.3 Å². The van der Waals surface area contributed by atoms with E-state index in [-0.39, 0.29) is 18.4 Å². The van der Waals surface area contributed by atoms with Crippen LogP contribution in [-0.2, 0) is 9.59 Å². The van der Waals surface area contributed by atoms with Crippen LogP contribution in [0.5, 0.6) is 5.75 Å². The fourth-order valence-corrected chi connectivity index (χ4v) is 4.24. The van der Waals surface area contributed by atoms with E-state index in [1.54, 1.807) is 12.0 Å². The van der Waals surface area contributed by atoms with Gasteiger partial charge in [-0.25, -0.2) is 0 Å². The molecule has 2 amide bonds. The van der Waals surface area contributed by atoms with Gasteiger partial charge in [-0.05, 0) is 43.8 Å². The number of methoxy groups -OCH3 is 1. The number of aromatic nitrogens is 2. The topological polar surface area (TPSA) is 82.1 Å². The first-order valence-corrected chi connectivity index (χ1v) is 12.4.